The van der Waals surface area contributed by atoms with Gasteiger partial charge in [0.25, 0.3) is 0 Å². The topological polar surface area (TPSA) is 101 Å². The molecule has 2 amide bonds. The highest BCUT2D eigenvalue weighted by Gasteiger charge is 2.12. The SMILES string of the molecule is CCOc1ccc(-c2n[nH]c(=S)n2CCC(=O)Nc2cc(NC(=O)CC)ccc2C)cc1. The molecule has 9 heteroatoms. The summed E-state index contributed by atoms with van der Waals surface area (Å²) in [4.78, 5) is 24.3. The van der Waals surface area contributed by atoms with Gasteiger partial charge in [-0.25, -0.2) is 0 Å². The smallest absolute Gasteiger partial charge is 0.226 e. The van der Waals surface area contributed by atoms with E-state index >= 15 is 0 Å². The first kappa shape index (κ1) is 23.2. The van der Waals surface area contributed by atoms with Gasteiger partial charge in [-0.15, -0.1) is 0 Å². The van der Waals surface area contributed by atoms with Crippen LogP contribution in [-0.4, -0.2) is 33.2 Å². The Kier molecular flexibility index (Phi) is 7.77. The first-order valence-corrected chi connectivity index (χ1v) is 10.9. The standard InChI is InChI=1S/C23H27N5O3S/c1-4-20(29)24-17-9-6-15(3)19(14-17)25-21(30)12-13-28-22(26-27-23(28)32)16-7-10-18(11-8-16)31-5-2/h6-11,14H,4-5,12-13H2,1-3H3,(H,24,29)(H,25,30)(H,27,32). The number of hydrogen-bond donors (Lipinski definition) is 3. The van der Waals surface area contributed by atoms with Crippen LogP contribution >= 0.6 is 12.2 Å². The van der Waals surface area contributed by atoms with Crippen molar-refractivity contribution in [3.63, 3.8) is 0 Å². The second-order valence-corrected chi connectivity index (χ2v) is 7.58. The third kappa shape index (κ3) is 5.82. The molecule has 0 aliphatic rings. The highest BCUT2D eigenvalue weighted by molar-refractivity contribution is 7.71. The lowest BCUT2D eigenvalue weighted by atomic mass is 10.1. The van der Waals surface area contributed by atoms with Gasteiger partial charge < -0.3 is 15.4 Å². The van der Waals surface area contributed by atoms with E-state index in [9.17, 15) is 9.59 Å². The van der Waals surface area contributed by atoms with E-state index in [1.807, 2.05) is 50.2 Å². The first-order chi connectivity index (χ1) is 15.4. The predicted molar refractivity (Wildman–Crippen MR) is 127 cm³/mol. The Balaban J connectivity index is 1.68. The molecule has 2 aromatic carbocycles. The molecule has 0 radical (unpaired) electrons. The second kappa shape index (κ2) is 10.7. The van der Waals surface area contributed by atoms with Crippen LogP contribution in [0.25, 0.3) is 11.4 Å². The molecule has 0 aliphatic carbocycles. The largest absolute Gasteiger partial charge is 0.494 e. The van der Waals surface area contributed by atoms with Crippen LogP contribution in [0, 0.1) is 11.7 Å². The Morgan fingerprint density at radius 2 is 1.84 bits per heavy atom. The molecule has 8 nitrogen and oxygen atoms in total. The minimum Gasteiger partial charge on any atom is -0.494 e. The molecule has 0 unspecified atom stereocenters. The van der Waals surface area contributed by atoms with E-state index in [1.54, 1.807) is 17.6 Å². The monoisotopic (exact) mass is 453 g/mol. The molecule has 0 atom stereocenters. The molecule has 0 fully saturated rings. The molecule has 168 valence electrons. The predicted octanol–water partition coefficient (Wildman–Crippen LogP) is 4.69. The molecule has 0 aliphatic heterocycles. The number of carbonyl (C=O) groups is 2. The van der Waals surface area contributed by atoms with Crippen molar-refractivity contribution >= 4 is 35.4 Å². The number of carbonyl (C=O) groups excluding carboxylic acids is 2. The number of hydrogen-bond acceptors (Lipinski definition) is 5. The lowest BCUT2D eigenvalue weighted by Crippen LogP contribution is -2.16. The van der Waals surface area contributed by atoms with E-state index in [0.717, 1.165) is 16.9 Å². The van der Waals surface area contributed by atoms with Crippen molar-refractivity contribution in [2.24, 2.45) is 0 Å². The summed E-state index contributed by atoms with van der Waals surface area (Å²) in [6.07, 6.45) is 0.598. The van der Waals surface area contributed by atoms with Gasteiger partial charge in [0.15, 0.2) is 10.6 Å². The summed E-state index contributed by atoms with van der Waals surface area (Å²) < 4.78 is 7.73. The van der Waals surface area contributed by atoms with Crippen molar-refractivity contribution in [1.82, 2.24) is 14.8 Å². The average molecular weight is 454 g/mol. The van der Waals surface area contributed by atoms with Gasteiger partial charge >= 0.3 is 0 Å². The van der Waals surface area contributed by atoms with E-state index in [1.165, 1.54) is 0 Å². The van der Waals surface area contributed by atoms with Crippen LogP contribution in [0.15, 0.2) is 42.5 Å². The average Bonchev–Trinajstić information content (AvgIpc) is 3.15. The van der Waals surface area contributed by atoms with Crippen LogP contribution in [-0.2, 0) is 16.1 Å². The van der Waals surface area contributed by atoms with Crippen LogP contribution in [0.1, 0.15) is 32.3 Å². The molecule has 3 aromatic rings. The fourth-order valence-corrected chi connectivity index (χ4v) is 3.35. The number of aryl methyl sites for hydroxylation is 1. The van der Waals surface area contributed by atoms with Gasteiger partial charge in [-0.05, 0) is 68.0 Å². The molecule has 0 saturated heterocycles. The van der Waals surface area contributed by atoms with E-state index < -0.39 is 0 Å². The van der Waals surface area contributed by atoms with Crippen LogP contribution < -0.4 is 15.4 Å². The minimum absolute atomic E-state index is 0.0812. The number of amides is 2. The van der Waals surface area contributed by atoms with Crippen LogP contribution in [0.2, 0.25) is 0 Å². The maximum absolute atomic E-state index is 12.6. The van der Waals surface area contributed by atoms with Gasteiger partial charge in [-0.3, -0.25) is 19.3 Å². The fourth-order valence-electron chi connectivity index (χ4n) is 3.12. The van der Waals surface area contributed by atoms with Crippen LogP contribution in [0.3, 0.4) is 0 Å². The van der Waals surface area contributed by atoms with Crippen molar-refractivity contribution in [3.05, 3.63) is 52.8 Å². The Hall–Kier alpha value is -3.46. The summed E-state index contributed by atoms with van der Waals surface area (Å²) in [5.74, 6) is 1.20. The zero-order chi connectivity index (χ0) is 23.1. The molecule has 0 saturated carbocycles. The Labute approximate surface area is 192 Å². The van der Waals surface area contributed by atoms with Crippen molar-refractivity contribution in [1.29, 1.82) is 0 Å². The quantitative estimate of drug-likeness (QED) is 0.408. The molecular weight excluding hydrogens is 426 g/mol. The van der Waals surface area contributed by atoms with Crippen LogP contribution in [0.4, 0.5) is 11.4 Å². The summed E-state index contributed by atoms with van der Waals surface area (Å²) in [6.45, 7) is 6.59. The zero-order valence-corrected chi connectivity index (χ0v) is 19.2. The maximum Gasteiger partial charge on any atom is 0.226 e. The van der Waals surface area contributed by atoms with Gasteiger partial charge in [-0.1, -0.05) is 13.0 Å². The van der Waals surface area contributed by atoms with E-state index in [4.69, 9.17) is 17.0 Å². The number of H-pyrrole nitrogens is 1. The van der Waals surface area contributed by atoms with E-state index in [0.29, 0.717) is 41.5 Å². The molecule has 1 aromatic heterocycles. The van der Waals surface area contributed by atoms with Gasteiger partial charge in [0.2, 0.25) is 11.8 Å². The molecule has 0 bridgehead atoms. The van der Waals surface area contributed by atoms with Crippen molar-refractivity contribution in [2.45, 2.75) is 40.2 Å². The van der Waals surface area contributed by atoms with Crippen molar-refractivity contribution < 1.29 is 14.3 Å². The Morgan fingerprint density at radius 3 is 2.53 bits per heavy atom. The Morgan fingerprint density at radius 1 is 1.09 bits per heavy atom. The number of ether oxygens (including phenoxy) is 1. The number of aromatic nitrogens is 3. The normalized spacial score (nSPS) is 10.6. The van der Waals surface area contributed by atoms with E-state index in [2.05, 4.69) is 20.8 Å². The summed E-state index contributed by atoms with van der Waals surface area (Å²) in [5, 5.41) is 12.8. The highest BCUT2D eigenvalue weighted by Crippen LogP contribution is 2.23. The van der Waals surface area contributed by atoms with Crippen molar-refractivity contribution in [2.75, 3.05) is 17.2 Å². The summed E-state index contributed by atoms with van der Waals surface area (Å²) in [5.41, 5.74) is 3.08. The zero-order valence-electron chi connectivity index (χ0n) is 18.4. The second-order valence-electron chi connectivity index (χ2n) is 7.19. The maximum atomic E-state index is 12.6. The van der Waals surface area contributed by atoms with Crippen LogP contribution in [0.5, 0.6) is 5.75 Å². The van der Waals surface area contributed by atoms with Gasteiger partial charge in [0, 0.05) is 36.3 Å². The van der Waals surface area contributed by atoms with Gasteiger partial charge in [0.1, 0.15) is 5.75 Å². The Bertz CT molecular complexity index is 1150. The first-order valence-electron chi connectivity index (χ1n) is 10.5. The van der Waals surface area contributed by atoms with Gasteiger partial charge in [-0.2, -0.15) is 5.10 Å². The van der Waals surface area contributed by atoms with Crippen molar-refractivity contribution in [3.8, 4) is 17.1 Å². The third-order valence-electron chi connectivity index (χ3n) is 4.86. The number of nitrogens with one attached hydrogen (secondary N) is 3. The summed E-state index contributed by atoms with van der Waals surface area (Å²) in [7, 11) is 0. The number of benzene rings is 2. The number of rotatable bonds is 9. The molecule has 1 heterocycles. The number of aromatic amines is 1. The number of anilines is 2. The minimum atomic E-state index is -0.159. The lowest BCUT2D eigenvalue weighted by molar-refractivity contribution is -0.117. The fraction of sp³-hybridized carbons (Fsp3) is 0.304. The number of nitrogens with zero attached hydrogens (tertiary/aromatic N) is 2. The molecule has 32 heavy (non-hydrogen) atoms. The summed E-state index contributed by atoms with van der Waals surface area (Å²) >= 11 is 5.36. The van der Waals surface area contributed by atoms with E-state index in [-0.39, 0.29) is 18.2 Å². The molecular formula is C23H27N5O3S. The lowest BCUT2D eigenvalue weighted by Gasteiger charge is -2.12. The third-order valence-corrected chi connectivity index (χ3v) is 5.17. The molecule has 3 N–H and O–H groups in total. The van der Waals surface area contributed by atoms with Gasteiger partial charge in [0.05, 0.1) is 6.61 Å². The summed E-state index contributed by atoms with van der Waals surface area (Å²) in [6, 6.07) is 13.0. The molecule has 0 spiro atoms. The highest BCUT2D eigenvalue weighted by atomic mass is 32.1. The molecule has 3 rings (SSSR count).